The molecule has 1 atom stereocenters. The van der Waals surface area contributed by atoms with Crippen molar-refractivity contribution in [3.63, 3.8) is 0 Å². The predicted octanol–water partition coefficient (Wildman–Crippen LogP) is 3.40. The Morgan fingerprint density at radius 1 is 1.50 bits per heavy atom. The number of rotatable bonds is 1. The lowest BCUT2D eigenvalue weighted by Crippen LogP contribution is -2.25. The van der Waals surface area contributed by atoms with Gasteiger partial charge in [0.15, 0.2) is 0 Å². The summed E-state index contributed by atoms with van der Waals surface area (Å²) in [6.07, 6.45) is 0.425. The van der Waals surface area contributed by atoms with Crippen LogP contribution in [0, 0.1) is 12.7 Å². The van der Waals surface area contributed by atoms with E-state index in [9.17, 15) is 9.18 Å². The van der Waals surface area contributed by atoms with Crippen LogP contribution >= 0.6 is 31.9 Å². The van der Waals surface area contributed by atoms with E-state index < -0.39 is 0 Å². The van der Waals surface area contributed by atoms with Crippen molar-refractivity contribution in [1.29, 1.82) is 0 Å². The van der Waals surface area contributed by atoms with Gasteiger partial charge in [-0.15, -0.1) is 0 Å². The first-order valence-corrected chi connectivity index (χ1v) is 6.60. The van der Waals surface area contributed by atoms with Gasteiger partial charge in [-0.25, -0.2) is 4.39 Å². The number of anilines is 1. The molecule has 2 nitrogen and oxygen atoms in total. The molecule has 1 amide bonds. The average molecular weight is 351 g/mol. The topological polar surface area (TPSA) is 20.3 Å². The zero-order valence-electron chi connectivity index (χ0n) is 8.64. The van der Waals surface area contributed by atoms with Crippen molar-refractivity contribution in [1.82, 2.24) is 0 Å². The van der Waals surface area contributed by atoms with E-state index in [1.807, 2.05) is 6.92 Å². The predicted molar refractivity (Wildman–Crippen MR) is 68.5 cm³/mol. The maximum Gasteiger partial charge on any atom is 0.228 e. The van der Waals surface area contributed by atoms with E-state index in [1.54, 1.807) is 6.07 Å². The first-order valence-electron chi connectivity index (χ1n) is 4.89. The largest absolute Gasteiger partial charge is 0.308 e. The molecule has 1 aliphatic rings. The van der Waals surface area contributed by atoms with Crippen LogP contribution in [-0.4, -0.2) is 17.3 Å². The van der Waals surface area contributed by atoms with Gasteiger partial charge in [0.2, 0.25) is 5.91 Å². The van der Waals surface area contributed by atoms with Crippen LogP contribution in [-0.2, 0) is 4.79 Å². The number of aryl methyl sites for hydroxylation is 1. The number of hydrogen-bond acceptors (Lipinski definition) is 1. The molecule has 0 bridgehead atoms. The number of benzene rings is 1. The van der Waals surface area contributed by atoms with E-state index in [-0.39, 0.29) is 16.6 Å². The third-order valence-electron chi connectivity index (χ3n) is 2.60. The van der Waals surface area contributed by atoms with E-state index >= 15 is 0 Å². The van der Waals surface area contributed by atoms with Gasteiger partial charge in [-0.3, -0.25) is 4.79 Å². The Morgan fingerprint density at radius 3 is 2.75 bits per heavy atom. The lowest BCUT2D eigenvalue weighted by Gasteiger charge is -2.17. The third kappa shape index (κ3) is 2.15. The summed E-state index contributed by atoms with van der Waals surface area (Å²) in [5, 5.41) is 0. The number of nitrogens with zero attached hydrogens (tertiary/aromatic N) is 1. The van der Waals surface area contributed by atoms with Crippen LogP contribution in [0.2, 0.25) is 0 Å². The molecule has 0 aliphatic carbocycles. The fourth-order valence-corrected chi connectivity index (χ4v) is 2.63. The van der Waals surface area contributed by atoms with Crippen LogP contribution < -0.4 is 4.90 Å². The highest BCUT2D eigenvalue weighted by Crippen LogP contribution is 2.31. The summed E-state index contributed by atoms with van der Waals surface area (Å²) >= 11 is 6.64. The number of halogens is 3. The molecule has 5 heteroatoms. The average Bonchev–Trinajstić information content (AvgIpc) is 2.51. The van der Waals surface area contributed by atoms with Gasteiger partial charge in [0.1, 0.15) is 5.82 Å². The highest BCUT2D eigenvalue weighted by molar-refractivity contribution is 9.10. The van der Waals surface area contributed by atoms with Gasteiger partial charge in [0.05, 0.1) is 5.69 Å². The molecule has 0 N–H and O–H groups in total. The van der Waals surface area contributed by atoms with Crippen LogP contribution in [0.15, 0.2) is 16.6 Å². The van der Waals surface area contributed by atoms with Crippen molar-refractivity contribution in [2.24, 2.45) is 0 Å². The number of hydrogen-bond donors (Lipinski definition) is 0. The minimum absolute atomic E-state index is 0.0394. The molecule has 16 heavy (non-hydrogen) atoms. The molecular formula is C11H10Br2FNO. The summed E-state index contributed by atoms with van der Waals surface area (Å²) in [6, 6.07) is 3.10. The Labute approximate surface area is 110 Å². The van der Waals surface area contributed by atoms with Crippen LogP contribution in [0.4, 0.5) is 10.1 Å². The molecule has 2 rings (SSSR count). The maximum atomic E-state index is 13.7. The van der Waals surface area contributed by atoms with E-state index in [4.69, 9.17) is 0 Å². The molecule has 0 aromatic heterocycles. The molecule has 1 fully saturated rings. The fraction of sp³-hybridized carbons (Fsp3) is 0.364. The summed E-state index contributed by atoms with van der Waals surface area (Å²) in [7, 11) is 0. The quantitative estimate of drug-likeness (QED) is 0.711. The number of alkyl halides is 1. The minimum atomic E-state index is -0.368. The van der Waals surface area contributed by atoms with E-state index in [2.05, 4.69) is 31.9 Å². The first-order chi connectivity index (χ1) is 7.49. The minimum Gasteiger partial charge on any atom is -0.308 e. The van der Waals surface area contributed by atoms with Crippen LogP contribution in [0.1, 0.15) is 12.0 Å². The first kappa shape index (κ1) is 12.0. The second-order valence-electron chi connectivity index (χ2n) is 3.86. The molecule has 0 radical (unpaired) electrons. The van der Waals surface area contributed by atoms with Crippen molar-refractivity contribution < 1.29 is 9.18 Å². The molecule has 1 unspecified atom stereocenters. The lowest BCUT2D eigenvalue weighted by atomic mass is 10.2. The molecule has 86 valence electrons. The van der Waals surface area contributed by atoms with E-state index in [1.165, 1.54) is 11.0 Å². The maximum absolute atomic E-state index is 13.7. The lowest BCUT2D eigenvalue weighted by molar-refractivity contribution is -0.117. The smallest absolute Gasteiger partial charge is 0.228 e. The SMILES string of the molecule is Cc1cc(N2CC(Br)CC2=O)c(F)cc1Br. The zero-order chi connectivity index (χ0) is 11.9. The Bertz CT molecular complexity index is 450. The molecule has 0 spiro atoms. The van der Waals surface area contributed by atoms with Gasteiger partial charge in [0.25, 0.3) is 0 Å². The Balaban J connectivity index is 2.41. The zero-order valence-corrected chi connectivity index (χ0v) is 11.8. The normalized spacial score (nSPS) is 20.6. The van der Waals surface area contributed by atoms with Gasteiger partial charge in [0, 0.05) is 22.3 Å². The molecule has 1 aromatic carbocycles. The van der Waals surface area contributed by atoms with Crippen molar-refractivity contribution in [2.75, 3.05) is 11.4 Å². The number of amides is 1. The van der Waals surface area contributed by atoms with Gasteiger partial charge >= 0.3 is 0 Å². The molecule has 0 saturated carbocycles. The van der Waals surface area contributed by atoms with E-state index in [0.717, 1.165) is 10.0 Å². The van der Waals surface area contributed by atoms with Gasteiger partial charge in [-0.05, 0) is 24.6 Å². The van der Waals surface area contributed by atoms with Crippen molar-refractivity contribution in [2.45, 2.75) is 18.2 Å². The van der Waals surface area contributed by atoms with Gasteiger partial charge in [-0.1, -0.05) is 31.9 Å². The van der Waals surface area contributed by atoms with Crippen molar-refractivity contribution in [3.05, 3.63) is 28.0 Å². The number of carbonyl (C=O) groups excluding carboxylic acids is 1. The second-order valence-corrected chi connectivity index (χ2v) is 6.01. The van der Waals surface area contributed by atoms with Gasteiger partial charge < -0.3 is 4.90 Å². The second kappa shape index (κ2) is 4.45. The Kier molecular flexibility index (Phi) is 3.35. The fourth-order valence-electron chi connectivity index (χ4n) is 1.75. The van der Waals surface area contributed by atoms with Crippen LogP contribution in [0.3, 0.4) is 0 Å². The molecule has 1 aromatic rings. The standard InChI is InChI=1S/C11H10Br2FNO/c1-6-2-10(9(14)4-8(6)13)15-5-7(12)3-11(15)16/h2,4,7H,3,5H2,1H3. The summed E-state index contributed by atoms with van der Waals surface area (Å²) < 4.78 is 14.5. The van der Waals surface area contributed by atoms with Crippen LogP contribution in [0.5, 0.6) is 0 Å². The highest BCUT2D eigenvalue weighted by atomic mass is 79.9. The van der Waals surface area contributed by atoms with Crippen LogP contribution in [0.25, 0.3) is 0 Å². The summed E-state index contributed by atoms with van der Waals surface area (Å²) in [6.45, 7) is 2.40. The summed E-state index contributed by atoms with van der Waals surface area (Å²) in [5.74, 6) is -0.407. The summed E-state index contributed by atoms with van der Waals surface area (Å²) in [4.78, 5) is 13.3. The Hall–Kier alpha value is -0.420. The third-order valence-corrected chi connectivity index (χ3v) is 4.06. The highest BCUT2D eigenvalue weighted by Gasteiger charge is 2.30. The summed E-state index contributed by atoms with van der Waals surface area (Å²) in [5.41, 5.74) is 1.29. The Morgan fingerprint density at radius 2 is 2.19 bits per heavy atom. The molecule has 1 saturated heterocycles. The molecular weight excluding hydrogens is 341 g/mol. The molecule has 1 aliphatic heterocycles. The molecule has 1 heterocycles. The number of carbonyl (C=O) groups is 1. The van der Waals surface area contributed by atoms with E-state index in [0.29, 0.717) is 18.7 Å². The van der Waals surface area contributed by atoms with Gasteiger partial charge in [-0.2, -0.15) is 0 Å². The van der Waals surface area contributed by atoms with Crippen molar-refractivity contribution >= 4 is 43.5 Å². The monoisotopic (exact) mass is 349 g/mol. The van der Waals surface area contributed by atoms with Crippen molar-refractivity contribution in [3.8, 4) is 0 Å².